The summed E-state index contributed by atoms with van der Waals surface area (Å²) in [5.41, 5.74) is -0.272. The van der Waals surface area contributed by atoms with Gasteiger partial charge in [-0.2, -0.15) is 0 Å². The van der Waals surface area contributed by atoms with Crippen molar-refractivity contribution in [1.82, 2.24) is 4.98 Å². The molecule has 1 amide bonds. The van der Waals surface area contributed by atoms with Gasteiger partial charge >= 0.3 is 0 Å². The van der Waals surface area contributed by atoms with Crippen molar-refractivity contribution in [2.45, 2.75) is 18.9 Å². The van der Waals surface area contributed by atoms with Gasteiger partial charge in [-0.05, 0) is 25.1 Å². The second-order valence-electron chi connectivity index (χ2n) is 5.27. The Labute approximate surface area is 128 Å². The van der Waals surface area contributed by atoms with Crippen LogP contribution in [-0.4, -0.2) is 28.3 Å². The predicted octanol–water partition coefficient (Wildman–Crippen LogP) is 1.91. The molecule has 112 valence electrons. The number of hydrogen-bond donors (Lipinski definition) is 1. The Hall–Kier alpha value is -2.53. The van der Waals surface area contributed by atoms with Crippen molar-refractivity contribution in [2.75, 3.05) is 11.4 Å². The Balaban J connectivity index is 1.99. The van der Waals surface area contributed by atoms with E-state index >= 15 is 0 Å². The highest BCUT2D eigenvalue weighted by atomic mass is 16.3. The van der Waals surface area contributed by atoms with Gasteiger partial charge in [0.25, 0.3) is 5.91 Å². The van der Waals surface area contributed by atoms with E-state index in [1.54, 1.807) is 36.5 Å². The fourth-order valence-corrected chi connectivity index (χ4v) is 2.85. The molecule has 0 spiro atoms. The molecule has 1 aliphatic rings. The lowest BCUT2D eigenvalue weighted by atomic mass is 9.88. The molecule has 1 N–H and O–H groups in total. The number of pyridine rings is 1. The van der Waals surface area contributed by atoms with Gasteiger partial charge in [-0.25, -0.2) is 0 Å². The van der Waals surface area contributed by atoms with Crippen LogP contribution in [0.4, 0.5) is 5.69 Å². The Morgan fingerprint density at radius 2 is 2.05 bits per heavy atom. The molecule has 0 saturated heterocycles. The van der Waals surface area contributed by atoms with Crippen LogP contribution in [0.2, 0.25) is 0 Å². The number of hydrogen-bond acceptors (Lipinski definition) is 4. The lowest BCUT2D eigenvalue weighted by molar-refractivity contribution is -0.135. The van der Waals surface area contributed by atoms with Crippen molar-refractivity contribution in [3.63, 3.8) is 0 Å². The summed E-state index contributed by atoms with van der Waals surface area (Å²) in [4.78, 5) is 30.4. The minimum Gasteiger partial charge on any atom is -0.375 e. The molecule has 1 aromatic carbocycles. The molecule has 0 bridgehead atoms. The number of ketones is 1. The Morgan fingerprint density at radius 3 is 2.73 bits per heavy atom. The lowest BCUT2D eigenvalue weighted by Crippen LogP contribution is -2.41. The summed E-state index contributed by atoms with van der Waals surface area (Å²) >= 11 is 0. The third-order valence-electron chi connectivity index (χ3n) is 3.96. The monoisotopic (exact) mass is 296 g/mol. The Kier molecular flexibility index (Phi) is 3.50. The van der Waals surface area contributed by atoms with Gasteiger partial charge in [0.1, 0.15) is 0 Å². The lowest BCUT2D eigenvalue weighted by Gasteiger charge is -2.22. The number of aromatic nitrogens is 1. The second-order valence-corrected chi connectivity index (χ2v) is 5.27. The van der Waals surface area contributed by atoms with Crippen LogP contribution < -0.4 is 4.90 Å². The largest absolute Gasteiger partial charge is 0.375 e. The maximum atomic E-state index is 12.6. The van der Waals surface area contributed by atoms with Crippen LogP contribution in [0.25, 0.3) is 0 Å². The Morgan fingerprint density at radius 1 is 1.27 bits per heavy atom. The number of Topliss-reactive ketones (excluding diaryl/α,β-unsaturated/α-hetero) is 1. The van der Waals surface area contributed by atoms with E-state index < -0.39 is 11.5 Å². The number of benzene rings is 1. The summed E-state index contributed by atoms with van der Waals surface area (Å²) in [6, 6.07) is 10.3. The number of para-hydroxylation sites is 1. The molecule has 5 nitrogen and oxygen atoms in total. The molecule has 0 unspecified atom stereocenters. The number of aliphatic hydroxyl groups is 1. The van der Waals surface area contributed by atoms with Gasteiger partial charge in [0.15, 0.2) is 11.4 Å². The number of amides is 1. The highest BCUT2D eigenvalue weighted by Gasteiger charge is 2.50. The average molecular weight is 296 g/mol. The van der Waals surface area contributed by atoms with E-state index in [1.807, 2.05) is 13.0 Å². The molecule has 2 heterocycles. The summed E-state index contributed by atoms with van der Waals surface area (Å²) in [6.07, 6.45) is 2.72. The smallest absolute Gasteiger partial charge is 0.264 e. The molecule has 0 aliphatic carbocycles. The van der Waals surface area contributed by atoms with E-state index in [0.717, 1.165) is 0 Å². The normalized spacial score (nSPS) is 20.1. The molecule has 0 saturated carbocycles. The fraction of sp³-hybridized carbons (Fsp3) is 0.235. The Bertz CT molecular complexity index is 730. The number of carbonyl (C=O) groups is 2. The van der Waals surface area contributed by atoms with Crippen LogP contribution in [0.15, 0.2) is 48.8 Å². The van der Waals surface area contributed by atoms with Crippen molar-refractivity contribution in [3.8, 4) is 0 Å². The van der Waals surface area contributed by atoms with E-state index in [-0.39, 0.29) is 12.2 Å². The van der Waals surface area contributed by atoms with Gasteiger partial charge < -0.3 is 10.0 Å². The molecule has 2 aromatic rings. The zero-order valence-corrected chi connectivity index (χ0v) is 12.2. The first-order chi connectivity index (χ1) is 10.6. The van der Waals surface area contributed by atoms with Crippen molar-refractivity contribution in [3.05, 3.63) is 59.9 Å². The molecule has 1 atom stereocenters. The molecule has 1 aromatic heterocycles. The van der Waals surface area contributed by atoms with Crippen LogP contribution in [0, 0.1) is 0 Å². The van der Waals surface area contributed by atoms with Crippen molar-refractivity contribution >= 4 is 17.4 Å². The highest BCUT2D eigenvalue weighted by molar-refractivity contribution is 6.10. The number of fused-ring (bicyclic) bond motifs is 1. The number of likely N-dealkylation sites (N-methyl/N-ethyl adjacent to an activating group) is 1. The molecule has 22 heavy (non-hydrogen) atoms. The molecule has 1 aliphatic heterocycles. The minimum atomic E-state index is -1.81. The summed E-state index contributed by atoms with van der Waals surface area (Å²) in [6.45, 7) is 2.28. The first-order valence-corrected chi connectivity index (χ1v) is 7.15. The molecule has 5 heteroatoms. The summed E-state index contributed by atoms with van der Waals surface area (Å²) in [5, 5.41) is 10.9. The molecule has 0 fully saturated rings. The van der Waals surface area contributed by atoms with Crippen molar-refractivity contribution in [1.29, 1.82) is 0 Å². The molecule has 3 rings (SSSR count). The van der Waals surface area contributed by atoms with E-state index in [4.69, 9.17) is 0 Å². The van der Waals surface area contributed by atoms with Gasteiger partial charge in [-0.1, -0.05) is 18.2 Å². The zero-order chi connectivity index (χ0) is 15.7. The maximum absolute atomic E-state index is 12.6. The summed E-state index contributed by atoms with van der Waals surface area (Å²) < 4.78 is 0. The van der Waals surface area contributed by atoms with Crippen molar-refractivity contribution in [2.24, 2.45) is 0 Å². The van der Waals surface area contributed by atoms with Crippen LogP contribution in [-0.2, 0) is 10.4 Å². The standard InChI is InChI=1S/C17H16N2O3/c1-2-19-14-8-4-3-7-13(14)17(22,16(19)21)10-15(20)12-6-5-9-18-11-12/h3-9,11,22H,2,10H2,1H3/t17-/m0/s1. The molecular weight excluding hydrogens is 280 g/mol. The van der Waals surface area contributed by atoms with Crippen LogP contribution in [0.1, 0.15) is 29.3 Å². The predicted molar refractivity (Wildman–Crippen MR) is 81.6 cm³/mol. The van der Waals surface area contributed by atoms with Gasteiger partial charge in [0.05, 0.1) is 12.1 Å². The second kappa shape index (κ2) is 5.35. The van der Waals surface area contributed by atoms with Crippen LogP contribution in [0.5, 0.6) is 0 Å². The van der Waals surface area contributed by atoms with E-state index in [0.29, 0.717) is 23.4 Å². The van der Waals surface area contributed by atoms with Gasteiger partial charge in [-0.15, -0.1) is 0 Å². The van der Waals surface area contributed by atoms with E-state index in [2.05, 4.69) is 4.98 Å². The maximum Gasteiger partial charge on any atom is 0.264 e. The van der Waals surface area contributed by atoms with E-state index in [1.165, 1.54) is 11.1 Å². The number of nitrogens with zero attached hydrogens (tertiary/aromatic N) is 2. The minimum absolute atomic E-state index is 0.287. The number of anilines is 1. The van der Waals surface area contributed by atoms with Gasteiger partial charge in [0, 0.05) is 30.1 Å². The number of carbonyl (C=O) groups excluding carboxylic acids is 2. The number of rotatable bonds is 4. The van der Waals surface area contributed by atoms with E-state index in [9.17, 15) is 14.7 Å². The first kappa shape index (κ1) is 14.4. The SMILES string of the molecule is CCN1C(=O)[C@](O)(CC(=O)c2cccnc2)c2ccccc21. The average Bonchev–Trinajstić information content (AvgIpc) is 2.76. The topological polar surface area (TPSA) is 70.5 Å². The summed E-state index contributed by atoms with van der Waals surface area (Å²) in [5.74, 6) is -0.759. The third kappa shape index (κ3) is 2.10. The van der Waals surface area contributed by atoms with Crippen LogP contribution in [0.3, 0.4) is 0 Å². The highest BCUT2D eigenvalue weighted by Crippen LogP contribution is 2.42. The molecule has 0 radical (unpaired) electrons. The van der Waals surface area contributed by atoms with Gasteiger partial charge in [-0.3, -0.25) is 14.6 Å². The van der Waals surface area contributed by atoms with Gasteiger partial charge in [0.2, 0.25) is 0 Å². The fourth-order valence-electron chi connectivity index (χ4n) is 2.85. The first-order valence-electron chi connectivity index (χ1n) is 7.15. The molecular formula is C17H16N2O3. The van der Waals surface area contributed by atoms with Crippen molar-refractivity contribution < 1.29 is 14.7 Å². The zero-order valence-electron chi connectivity index (χ0n) is 12.2. The van der Waals surface area contributed by atoms with Crippen LogP contribution >= 0.6 is 0 Å². The quantitative estimate of drug-likeness (QED) is 0.875. The third-order valence-corrected chi connectivity index (χ3v) is 3.96. The summed E-state index contributed by atoms with van der Waals surface area (Å²) in [7, 11) is 0.